The van der Waals surface area contributed by atoms with Crippen molar-refractivity contribution in [1.29, 1.82) is 0 Å². The Morgan fingerprint density at radius 1 is 1.12 bits per heavy atom. The molecular weight excluding hydrogens is 448 g/mol. The summed E-state index contributed by atoms with van der Waals surface area (Å²) in [6, 6.07) is 11.6. The first-order valence-electron chi connectivity index (χ1n) is 10.4. The van der Waals surface area contributed by atoms with Gasteiger partial charge in [0, 0.05) is 17.6 Å². The molecule has 0 saturated heterocycles. The maximum absolute atomic E-state index is 13.2. The number of nitrogens with one attached hydrogen (secondary N) is 1. The second-order valence-corrected chi connectivity index (χ2v) is 8.32. The van der Waals surface area contributed by atoms with E-state index in [0.29, 0.717) is 16.6 Å². The van der Waals surface area contributed by atoms with Crippen LogP contribution in [0.2, 0.25) is 5.02 Å². The van der Waals surface area contributed by atoms with Gasteiger partial charge < -0.3 is 15.2 Å². The van der Waals surface area contributed by atoms with Crippen molar-refractivity contribution in [2.45, 2.75) is 40.0 Å². The van der Waals surface area contributed by atoms with Crippen LogP contribution in [0.4, 0.5) is 11.6 Å². The van der Waals surface area contributed by atoms with Crippen LogP contribution >= 0.6 is 11.6 Å². The number of pyridine rings is 1. The third-order valence-corrected chi connectivity index (χ3v) is 5.03. The van der Waals surface area contributed by atoms with Crippen molar-refractivity contribution >= 4 is 29.2 Å². The zero-order valence-corrected chi connectivity index (χ0v) is 19.2. The molecule has 0 amide bonds. The van der Waals surface area contributed by atoms with Gasteiger partial charge in [-0.15, -0.1) is 0 Å². The Balaban J connectivity index is 2.02. The molecule has 1 aromatic carbocycles. The molecule has 174 valence electrons. The number of ether oxygens (including phenoxy) is 1. The minimum Gasteiger partial charge on any atom is -0.489 e. The predicted octanol–water partition coefficient (Wildman–Crippen LogP) is 3.36. The lowest BCUT2D eigenvalue weighted by Gasteiger charge is -2.18. The average molecular weight is 473 g/mol. The Kier molecular flexibility index (Phi) is 7.55. The summed E-state index contributed by atoms with van der Waals surface area (Å²) >= 11 is 5.96. The van der Waals surface area contributed by atoms with Gasteiger partial charge in [-0.25, -0.2) is 9.78 Å². The number of aromatic nitrogens is 3. The van der Waals surface area contributed by atoms with Crippen molar-refractivity contribution in [2.75, 3.05) is 5.32 Å². The van der Waals surface area contributed by atoms with Gasteiger partial charge >= 0.3 is 11.7 Å². The molecule has 0 bridgehead atoms. The molecule has 1 unspecified atom stereocenters. The molecule has 0 saturated carbocycles. The lowest BCUT2D eigenvalue weighted by atomic mass is 10.2. The molecule has 3 rings (SSSR count). The monoisotopic (exact) mass is 472 g/mol. The smallest absolute Gasteiger partial charge is 0.332 e. The zero-order valence-electron chi connectivity index (χ0n) is 18.5. The fourth-order valence-corrected chi connectivity index (χ4v) is 3.22. The molecule has 0 spiro atoms. The largest absolute Gasteiger partial charge is 0.489 e. The summed E-state index contributed by atoms with van der Waals surface area (Å²) in [5.41, 5.74) is -0.467. The molecule has 0 radical (unpaired) electrons. The number of rotatable bonds is 9. The summed E-state index contributed by atoms with van der Waals surface area (Å²) < 4.78 is 7.87. The van der Waals surface area contributed by atoms with E-state index in [9.17, 15) is 19.5 Å². The molecule has 0 aliphatic rings. The lowest BCUT2D eigenvalue weighted by molar-refractivity contribution is -0.141. The van der Waals surface area contributed by atoms with Crippen LogP contribution in [0, 0.1) is 5.92 Å². The second kappa shape index (κ2) is 10.4. The number of benzene rings is 1. The lowest BCUT2D eigenvalue weighted by Crippen LogP contribution is -2.42. The van der Waals surface area contributed by atoms with E-state index in [2.05, 4.69) is 10.3 Å². The van der Waals surface area contributed by atoms with E-state index < -0.39 is 23.1 Å². The number of carboxylic acid groups (broad SMARTS) is 1. The summed E-state index contributed by atoms with van der Waals surface area (Å²) in [4.78, 5) is 41.5. The summed E-state index contributed by atoms with van der Waals surface area (Å²) in [5, 5.41) is 12.8. The molecule has 0 fully saturated rings. The van der Waals surface area contributed by atoms with Crippen LogP contribution in [0.1, 0.15) is 26.3 Å². The zero-order chi connectivity index (χ0) is 24.1. The van der Waals surface area contributed by atoms with Gasteiger partial charge in [-0.1, -0.05) is 30.7 Å². The number of aliphatic carboxylic acids is 1. The highest BCUT2D eigenvalue weighted by Gasteiger charge is 2.18. The number of hydrogen-bond acceptors (Lipinski definition) is 6. The Morgan fingerprint density at radius 3 is 2.39 bits per heavy atom. The van der Waals surface area contributed by atoms with E-state index in [1.54, 1.807) is 42.6 Å². The van der Waals surface area contributed by atoms with E-state index in [4.69, 9.17) is 16.3 Å². The SMILES string of the molecule is CC(C)Oc1ccc(Nc2cc(=O)n(CC(C)C(=O)O)c(=O)n2Cc2ccc(Cl)cc2)nc1. The molecule has 2 N–H and O–H groups in total. The van der Waals surface area contributed by atoms with Gasteiger partial charge in [0.2, 0.25) is 0 Å². The summed E-state index contributed by atoms with van der Waals surface area (Å²) in [7, 11) is 0. The van der Waals surface area contributed by atoms with Gasteiger partial charge in [0.1, 0.15) is 17.4 Å². The predicted molar refractivity (Wildman–Crippen MR) is 126 cm³/mol. The summed E-state index contributed by atoms with van der Waals surface area (Å²) in [6.07, 6.45) is 1.54. The molecule has 33 heavy (non-hydrogen) atoms. The van der Waals surface area contributed by atoms with E-state index >= 15 is 0 Å². The quantitative estimate of drug-likeness (QED) is 0.490. The van der Waals surface area contributed by atoms with Gasteiger partial charge in [-0.05, 0) is 43.7 Å². The van der Waals surface area contributed by atoms with Crippen molar-refractivity contribution in [3.8, 4) is 5.75 Å². The Morgan fingerprint density at radius 2 is 1.82 bits per heavy atom. The number of hydrogen-bond donors (Lipinski definition) is 2. The fourth-order valence-electron chi connectivity index (χ4n) is 3.09. The van der Waals surface area contributed by atoms with Gasteiger partial charge in [0.15, 0.2) is 0 Å². The van der Waals surface area contributed by atoms with E-state index in [-0.39, 0.29) is 25.0 Å². The maximum atomic E-state index is 13.2. The van der Waals surface area contributed by atoms with Crippen LogP contribution in [-0.4, -0.2) is 31.3 Å². The van der Waals surface area contributed by atoms with Crippen LogP contribution in [-0.2, 0) is 17.9 Å². The van der Waals surface area contributed by atoms with Gasteiger partial charge in [-0.3, -0.25) is 18.7 Å². The molecule has 0 aliphatic heterocycles. The van der Waals surface area contributed by atoms with Gasteiger partial charge in [0.25, 0.3) is 5.56 Å². The van der Waals surface area contributed by atoms with Crippen molar-refractivity contribution in [1.82, 2.24) is 14.1 Å². The van der Waals surface area contributed by atoms with Crippen LogP contribution in [0.15, 0.2) is 58.3 Å². The highest BCUT2D eigenvalue weighted by Crippen LogP contribution is 2.18. The molecule has 9 nitrogen and oxygen atoms in total. The average Bonchev–Trinajstić information content (AvgIpc) is 2.76. The Hall–Kier alpha value is -3.59. The van der Waals surface area contributed by atoms with Crippen LogP contribution < -0.4 is 21.3 Å². The number of anilines is 2. The van der Waals surface area contributed by atoms with Crippen LogP contribution in [0.5, 0.6) is 5.75 Å². The second-order valence-electron chi connectivity index (χ2n) is 7.88. The molecule has 2 heterocycles. The first-order valence-corrected chi connectivity index (χ1v) is 10.7. The number of carboxylic acids is 1. The third kappa shape index (κ3) is 6.23. The standard InChI is InChI=1S/C23H25ClN4O5/c1-14(2)33-18-8-9-19(25-11-18)26-20-10-21(29)28(12-15(3)22(30)31)23(32)27(20)13-16-4-6-17(24)7-5-16/h4-11,14-15H,12-13H2,1-3H3,(H,25,26)(H,30,31). The minimum atomic E-state index is -1.10. The van der Waals surface area contributed by atoms with Crippen molar-refractivity contribution in [3.63, 3.8) is 0 Å². The van der Waals surface area contributed by atoms with Crippen molar-refractivity contribution < 1.29 is 14.6 Å². The van der Waals surface area contributed by atoms with E-state index in [1.807, 2.05) is 13.8 Å². The van der Waals surface area contributed by atoms with E-state index in [1.165, 1.54) is 17.6 Å². The molecule has 1 atom stereocenters. The van der Waals surface area contributed by atoms with E-state index in [0.717, 1.165) is 10.1 Å². The van der Waals surface area contributed by atoms with Crippen LogP contribution in [0.3, 0.4) is 0 Å². The Bertz CT molecular complexity index is 1230. The number of halogens is 1. The molecule has 2 aromatic heterocycles. The first-order chi connectivity index (χ1) is 15.6. The van der Waals surface area contributed by atoms with Gasteiger partial charge in [0.05, 0.1) is 24.8 Å². The minimum absolute atomic E-state index is 0.00375. The normalized spacial score (nSPS) is 11.9. The maximum Gasteiger partial charge on any atom is 0.332 e. The molecule has 10 heteroatoms. The fraction of sp³-hybridized carbons (Fsp3) is 0.304. The Labute approximate surface area is 195 Å². The topological polar surface area (TPSA) is 115 Å². The van der Waals surface area contributed by atoms with Crippen molar-refractivity contribution in [2.24, 2.45) is 5.92 Å². The van der Waals surface area contributed by atoms with Gasteiger partial charge in [-0.2, -0.15) is 0 Å². The molecular formula is C23H25ClN4O5. The highest BCUT2D eigenvalue weighted by atomic mass is 35.5. The molecule has 3 aromatic rings. The summed E-state index contributed by atoms with van der Waals surface area (Å²) in [5.74, 6) is -0.781. The van der Waals surface area contributed by atoms with Crippen molar-refractivity contribution in [3.05, 3.63) is 80.1 Å². The molecule has 0 aliphatic carbocycles. The third-order valence-electron chi connectivity index (χ3n) is 4.78. The van der Waals surface area contributed by atoms with Crippen LogP contribution in [0.25, 0.3) is 0 Å². The summed E-state index contributed by atoms with van der Waals surface area (Å²) in [6.45, 7) is 5.14. The first kappa shape index (κ1) is 24.1. The highest BCUT2D eigenvalue weighted by molar-refractivity contribution is 6.30. The number of nitrogens with zero attached hydrogens (tertiary/aromatic N) is 3. The number of carbonyl (C=O) groups is 1.